The zero-order chi connectivity index (χ0) is 17.5. The number of nitrogens with one attached hydrogen (secondary N) is 2. The molecule has 1 aromatic carbocycles. The van der Waals surface area contributed by atoms with Gasteiger partial charge in [-0.3, -0.25) is 9.97 Å². The van der Waals surface area contributed by atoms with Crippen molar-refractivity contribution in [1.29, 1.82) is 0 Å². The SMILES string of the molecule is C[C@H](Cc1cnccn1)NC(=O)Nc1ccc(C2CCCCC2)cc1. The molecule has 5 nitrogen and oxygen atoms in total. The van der Waals surface area contributed by atoms with Crippen molar-refractivity contribution in [2.45, 2.75) is 57.4 Å². The minimum atomic E-state index is -0.193. The van der Waals surface area contributed by atoms with Gasteiger partial charge in [-0.05, 0) is 43.4 Å². The summed E-state index contributed by atoms with van der Waals surface area (Å²) in [5.74, 6) is 0.684. The Morgan fingerprint density at radius 1 is 1.16 bits per heavy atom. The van der Waals surface area contributed by atoms with Crippen molar-refractivity contribution in [1.82, 2.24) is 15.3 Å². The molecule has 0 saturated heterocycles. The highest BCUT2D eigenvalue weighted by atomic mass is 16.2. The normalized spacial score (nSPS) is 16.2. The van der Waals surface area contributed by atoms with Crippen LogP contribution in [0.5, 0.6) is 0 Å². The zero-order valence-corrected chi connectivity index (χ0v) is 14.7. The predicted molar refractivity (Wildman–Crippen MR) is 99.6 cm³/mol. The lowest BCUT2D eigenvalue weighted by Crippen LogP contribution is -2.37. The fourth-order valence-corrected chi connectivity index (χ4v) is 3.47. The summed E-state index contributed by atoms with van der Waals surface area (Å²) in [4.78, 5) is 20.4. The van der Waals surface area contributed by atoms with Crippen molar-refractivity contribution in [3.63, 3.8) is 0 Å². The number of anilines is 1. The number of hydrogen-bond donors (Lipinski definition) is 2. The Morgan fingerprint density at radius 3 is 2.60 bits per heavy atom. The second-order valence-corrected chi connectivity index (χ2v) is 6.86. The number of hydrogen-bond acceptors (Lipinski definition) is 3. The average molecular weight is 338 g/mol. The first-order chi connectivity index (χ1) is 12.2. The van der Waals surface area contributed by atoms with Crippen LogP contribution in [-0.4, -0.2) is 22.0 Å². The average Bonchev–Trinajstić information content (AvgIpc) is 2.63. The summed E-state index contributed by atoms with van der Waals surface area (Å²) in [5, 5.41) is 5.84. The summed E-state index contributed by atoms with van der Waals surface area (Å²) in [7, 11) is 0. The molecule has 2 amide bonds. The molecule has 1 saturated carbocycles. The van der Waals surface area contributed by atoms with Gasteiger partial charge in [-0.1, -0.05) is 31.4 Å². The number of urea groups is 1. The van der Waals surface area contributed by atoms with E-state index in [1.807, 2.05) is 19.1 Å². The summed E-state index contributed by atoms with van der Waals surface area (Å²) < 4.78 is 0. The Bertz CT molecular complexity index is 666. The van der Waals surface area contributed by atoms with Gasteiger partial charge in [0.2, 0.25) is 0 Å². The van der Waals surface area contributed by atoms with Gasteiger partial charge in [-0.15, -0.1) is 0 Å². The van der Waals surface area contributed by atoms with Crippen LogP contribution in [-0.2, 0) is 6.42 Å². The van der Waals surface area contributed by atoms with Gasteiger partial charge in [0.05, 0.1) is 5.69 Å². The summed E-state index contributed by atoms with van der Waals surface area (Å²) >= 11 is 0. The molecule has 0 bridgehead atoms. The summed E-state index contributed by atoms with van der Waals surface area (Å²) in [6.45, 7) is 1.96. The molecule has 0 radical (unpaired) electrons. The molecule has 2 aromatic rings. The predicted octanol–water partition coefficient (Wildman–Crippen LogP) is 4.28. The van der Waals surface area contributed by atoms with E-state index in [0.717, 1.165) is 11.4 Å². The van der Waals surface area contributed by atoms with Gasteiger partial charge in [0.25, 0.3) is 0 Å². The lowest BCUT2D eigenvalue weighted by atomic mass is 9.84. The van der Waals surface area contributed by atoms with Crippen LogP contribution >= 0.6 is 0 Å². The summed E-state index contributed by atoms with van der Waals surface area (Å²) in [6, 6.07) is 8.08. The Labute approximate surface area is 149 Å². The van der Waals surface area contributed by atoms with Crippen molar-refractivity contribution >= 4 is 11.7 Å². The monoisotopic (exact) mass is 338 g/mol. The van der Waals surface area contributed by atoms with Crippen molar-refractivity contribution < 1.29 is 4.79 Å². The van der Waals surface area contributed by atoms with Gasteiger partial charge in [-0.25, -0.2) is 4.79 Å². The van der Waals surface area contributed by atoms with Gasteiger partial charge >= 0.3 is 6.03 Å². The van der Waals surface area contributed by atoms with E-state index in [1.54, 1.807) is 18.6 Å². The molecule has 0 aliphatic heterocycles. The second kappa shape index (κ2) is 8.60. The van der Waals surface area contributed by atoms with E-state index in [2.05, 4.69) is 32.7 Å². The minimum absolute atomic E-state index is 0.0155. The van der Waals surface area contributed by atoms with E-state index >= 15 is 0 Å². The van der Waals surface area contributed by atoms with Crippen LogP contribution in [0, 0.1) is 0 Å². The molecular weight excluding hydrogens is 312 g/mol. The van der Waals surface area contributed by atoms with Crippen LogP contribution in [0.2, 0.25) is 0 Å². The van der Waals surface area contributed by atoms with E-state index < -0.39 is 0 Å². The van der Waals surface area contributed by atoms with Gasteiger partial charge in [0, 0.05) is 36.7 Å². The number of amides is 2. The van der Waals surface area contributed by atoms with Crippen LogP contribution in [0.4, 0.5) is 10.5 Å². The third-order valence-electron chi connectivity index (χ3n) is 4.75. The molecule has 3 rings (SSSR count). The van der Waals surface area contributed by atoms with Crippen molar-refractivity contribution in [2.24, 2.45) is 0 Å². The van der Waals surface area contributed by atoms with Crippen molar-refractivity contribution in [3.05, 3.63) is 54.1 Å². The summed E-state index contributed by atoms with van der Waals surface area (Å²) in [6.07, 6.45) is 12.3. The van der Waals surface area contributed by atoms with Gasteiger partial charge in [0.1, 0.15) is 0 Å². The smallest absolute Gasteiger partial charge is 0.319 e. The van der Waals surface area contributed by atoms with E-state index in [4.69, 9.17) is 0 Å². The maximum Gasteiger partial charge on any atom is 0.319 e. The fraction of sp³-hybridized carbons (Fsp3) is 0.450. The molecule has 0 spiro atoms. The number of aromatic nitrogens is 2. The van der Waals surface area contributed by atoms with Crippen LogP contribution in [0.25, 0.3) is 0 Å². The molecule has 1 fully saturated rings. The lowest BCUT2D eigenvalue weighted by molar-refractivity contribution is 0.249. The molecule has 25 heavy (non-hydrogen) atoms. The maximum absolute atomic E-state index is 12.1. The Hall–Kier alpha value is -2.43. The Kier molecular flexibility index (Phi) is 5.99. The van der Waals surface area contributed by atoms with Crippen LogP contribution in [0.15, 0.2) is 42.9 Å². The van der Waals surface area contributed by atoms with Gasteiger partial charge in [0.15, 0.2) is 0 Å². The number of rotatable bonds is 5. The molecule has 1 aliphatic rings. The van der Waals surface area contributed by atoms with E-state index in [-0.39, 0.29) is 12.1 Å². The van der Waals surface area contributed by atoms with Gasteiger partial charge < -0.3 is 10.6 Å². The summed E-state index contributed by atoms with van der Waals surface area (Å²) in [5.41, 5.74) is 3.08. The molecule has 1 atom stereocenters. The highest BCUT2D eigenvalue weighted by Crippen LogP contribution is 2.32. The molecule has 1 heterocycles. The Balaban J connectivity index is 1.48. The quantitative estimate of drug-likeness (QED) is 0.855. The van der Waals surface area contributed by atoms with Crippen molar-refractivity contribution in [3.8, 4) is 0 Å². The number of nitrogens with zero attached hydrogens (tertiary/aromatic N) is 2. The van der Waals surface area contributed by atoms with Gasteiger partial charge in [-0.2, -0.15) is 0 Å². The first-order valence-electron chi connectivity index (χ1n) is 9.13. The first kappa shape index (κ1) is 17.4. The molecular formula is C20H26N4O. The largest absolute Gasteiger partial charge is 0.335 e. The van der Waals surface area contributed by atoms with E-state index in [1.165, 1.54) is 37.7 Å². The van der Waals surface area contributed by atoms with Crippen LogP contribution < -0.4 is 10.6 Å². The Morgan fingerprint density at radius 2 is 1.92 bits per heavy atom. The van der Waals surface area contributed by atoms with E-state index in [9.17, 15) is 4.79 Å². The second-order valence-electron chi connectivity index (χ2n) is 6.86. The van der Waals surface area contributed by atoms with E-state index in [0.29, 0.717) is 12.3 Å². The maximum atomic E-state index is 12.1. The van der Waals surface area contributed by atoms with Crippen LogP contribution in [0.1, 0.15) is 56.2 Å². The molecule has 5 heteroatoms. The number of carbonyl (C=O) groups is 1. The zero-order valence-electron chi connectivity index (χ0n) is 14.7. The molecule has 2 N–H and O–H groups in total. The third kappa shape index (κ3) is 5.28. The number of benzene rings is 1. The fourth-order valence-electron chi connectivity index (χ4n) is 3.47. The van der Waals surface area contributed by atoms with Crippen molar-refractivity contribution in [2.75, 3.05) is 5.32 Å². The third-order valence-corrected chi connectivity index (χ3v) is 4.75. The number of carbonyl (C=O) groups excluding carboxylic acids is 1. The minimum Gasteiger partial charge on any atom is -0.335 e. The molecule has 1 aromatic heterocycles. The molecule has 0 unspecified atom stereocenters. The standard InChI is InChI=1S/C20H26N4O/c1-15(13-19-14-21-11-12-22-19)23-20(25)24-18-9-7-17(8-10-18)16-5-3-2-4-6-16/h7-12,14-16H,2-6,13H2,1H3,(H2,23,24,25)/t15-/m1/s1. The highest BCUT2D eigenvalue weighted by molar-refractivity contribution is 5.89. The topological polar surface area (TPSA) is 66.9 Å². The first-order valence-corrected chi connectivity index (χ1v) is 9.13. The van der Waals surface area contributed by atoms with Crippen LogP contribution in [0.3, 0.4) is 0 Å². The molecule has 1 aliphatic carbocycles. The lowest BCUT2D eigenvalue weighted by Gasteiger charge is -2.22. The highest BCUT2D eigenvalue weighted by Gasteiger charge is 2.15. The molecule has 132 valence electrons.